The third-order valence-corrected chi connectivity index (χ3v) is 3.10. The molecule has 5 heteroatoms. The average Bonchev–Trinajstić information content (AvgIpc) is 3.12. The Balaban J connectivity index is 2.29. The lowest BCUT2D eigenvalue weighted by atomic mass is 10.3. The van der Waals surface area contributed by atoms with E-state index in [1.165, 1.54) is 0 Å². The van der Waals surface area contributed by atoms with Crippen LogP contribution in [0.25, 0.3) is 0 Å². The van der Waals surface area contributed by atoms with E-state index in [1.54, 1.807) is 4.90 Å². The number of likely N-dealkylation sites (N-methyl/N-ethyl adjacent to an activating group) is 1. The predicted molar refractivity (Wildman–Crippen MR) is 75.8 cm³/mol. The minimum atomic E-state index is 0.0235. The number of rotatable bonds is 9. The van der Waals surface area contributed by atoms with Crippen molar-refractivity contribution >= 4 is 11.8 Å². The number of nitrogens with one attached hydrogen (secondary N) is 1. The van der Waals surface area contributed by atoms with Crippen LogP contribution in [0.2, 0.25) is 0 Å². The van der Waals surface area contributed by atoms with Crippen molar-refractivity contribution in [2.45, 2.75) is 45.6 Å². The molecule has 0 saturated heterocycles. The standard InChI is InChI=1S/C14H27N3O2/c1-4-8-17(9-5-2)14(19)11-16(3)10-13(18)15-12-6-7-12/h12H,4-11H2,1-3H3,(H,15,18). The van der Waals surface area contributed by atoms with Crippen molar-refractivity contribution in [3.8, 4) is 0 Å². The summed E-state index contributed by atoms with van der Waals surface area (Å²) in [4.78, 5) is 27.4. The van der Waals surface area contributed by atoms with Gasteiger partial charge in [-0.05, 0) is 32.7 Å². The number of nitrogens with zero attached hydrogens (tertiary/aromatic N) is 2. The maximum atomic E-state index is 12.1. The number of hydrogen-bond donors (Lipinski definition) is 1. The first kappa shape index (κ1) is 16.0. The quantitative estimate of drug-likeness (QED) is 0.675. The molecule has 19 heavy (non-hydrogen) atoms. The summed E-state index contributed by atoms with van der Waals surface area (Å²) in [6.45, 7) is 6.36. The minimum Gasteiger partial charge on any atom is -0.352 e. The van der Waals surface area contributed by atoms with E-state index in [9.17, 15) is 9.59 Å². The fraction of sp³-hybridized carbons (Fsp3) is 0.857. The van der Waals surface area contributed by atoms with Gasteiger partial charge in [-0.15, -0.1) is 0 Å². The van der Waals surface area contributed by atoms with Gasteiger partial charge in [0.05, 0.1) is 13.1 Å². The van der Waals surface area contributed by atoms with E-state index < -0.39 is 0 Å². The second kappa shape index (κ2) is 8.15. The van der Waals surface area contributed by atoms with Crippen LogP contribution in [0.1, 0.15) is 39.5 Å². The predicted octanol–water partition coefficient (Wildman–Crippen LogP) is 0.845. The van der Waals surface area contributed by atoms with Crippen molar-refractivity contribution in [1.82, 2.24) is 15.1 Å². The molecule has 1 rings (SSSR count). The van der Waals surface area contributed by atoms with Crippen LogP contribution in [0.15, 0.2) is 0 Å². The smallest absolute Gasteiger partial charge is 0.236 e. The first-order chi connectivity index (χ1) is 9.06. The summed E-state index contributed by atoms with van der Waals surface area (Å²) >= 11 is 0. The fourth-order valence-electron chi connectivity index (χ4n) is 2.03. The van der Waals surface area contributed by atoms with E-state index >= 15 is 0 Å². The summed E-state index contributed by atoms with van der Waals surface area (Å²) in [6.07, 6.45) is 4.12. The molecule has 0 unspecified atom stereocenters. The normalized spacial score (nSPS) is 14.5. The Hall–Kier alpha value is -1.10. The molecule has 1 aliphatic carbocycles. The molecule has 2 amide bonds. The monoisotopic (exact) mass is 269 g/mol. The van der Waals surface area contributed by atoms with Gasteiger partial charge in [0.2, 0.25) is 11.8 Å². The SMILES string of the molecule is CCCN(CCC)C(=O)CN(C)CC(=O)NC1CC1. The number of amides is 2. The molecule has 0 spiro atoms. The number of carbonyl (C=O) groups is 2. The lowest BCUT2D eigenvalue weighted by molar-refractivity contribution is -0.132. The first-order valence-electron chi connectivity index (χ1n) is 7.32. The zero-order valence-corrected chi connectivity index (χ0v) is 12.4. The average molecular weight is 269 g/mol. The Bertz CT molecular complexity index is 297. The fourth-order valence-corrected chi connectivity index (χ4v) is 2.03. The van der Waals surface area contributed by atoms with Gasteiger partial charge in [0.1, 0.15) is 0 Å². The molecule has 1 aliphatic rings. The van der Waals surface area contributed by atoms with Gasteiger partial charge >= 0.3 is 0 Å². The Morgan fingerprint density at radius 1 is 1.11 bits per heavy atom. The van der Waals surface area contributed by atoms with E-state index in [4.69, 9.17) is 0 Å². The molecule has 0 aromatic heterocycles. The van der Waals surface area contributed by atoms with Crippen LogP contribution in [0.3, 0.4) is 0 Å². The highest BCUT2D eigenvalue weighted by Crippen LogP contribution is 2.18. The van der Waals surface area contributed by atoms with Gasteiger partial charge in [0.15, 0.2) is 0 Å². The van der Waals surface area contributed by atoms with Gasteiger partial charge in [-0.3, -0.25) is 14.5 Å². The molecule has 0 aromatic carbocycles. The van der Waals surface area contributed by atoms with Crippen molar-refractivity contribution in [3.05, 3.63) is 0 Å². The molecule has 1 N–H and O–H groups in total. The third kappa shape index (κ3) is 6.57. The number of hydrogen-bond acceptors (Lipinski definition) is 3. The maximum absolute atomic E-state index is 12.1. The lowest BCUT2D eigenvalue weighted by Gasteiger charge is -2.24. The van der Waals surface area contributed by atoms with E-state index in [2.05, 4.69) is 19.2 Å². The Labute approximate surface area is 116 Å². The summed E-state index contributed by atoms with van der Waals surface area (Å²) in [5, 5.41) is 2.93. The van der Waals surface area contributed by atoms with Crippen LogP contribution in [0.5, 0.6) is 0 Å². The molecule has 1 fully saturated rings. The minimum absolute atomic E-state index is 0.0235. The maximum Gasteiger partial charge on any atom is 0.236 e. The molecular weight excluding hydrogens is 242 g/mol. The van der Waals surface area contributed by atoms with Crippen LogP contribution < -0.4 is 5.32 Å². The molecule has 0 atom stereocenters. The molecule has 0 heterocycles. The molecule has 110 valence electrons. The zero-order valence-electron chi connectivity index (χ0n) is 12.4. The van der Waals surface area contributed by atoms with Crippen molar-refractivity contribution < 1.29 is 9.59 Å². The van der Waals surface area contributed by atoms with E-state index in [1.807, 2.05) is 11.9 Å². The van der Waals surface area contributed by atoms with Gasteiger partial charge in [-0.1, -0.05) is 13.8 Å². The largest absolute Gasteiger partial charge is 0.352 e. The summed E-state index contributed by atoms with van der Waals surface area (Å²) in [7, 11) is 1.82. The topological polar surface area (TPSA) is 52.7 Å². The van der Waals surface area contributed by atoms with Gasteiger partial charge < -0.3 is 10.2 Å². The molecule has 0 bridgehead atoms. The summed E-state index contributed by atoms with van der Waals surface area (Å²) < 4.78 is 0. The third-order valence-electron chi connectivity index (χ3n) is 3.10. The highest BCUT2D eigenvalue weighted by atomic mass is 16.2. The highest BCUT2D eigenvalue weighted by Gasteiger charge is 2.24. The summed E-state index contributed by atoms with van der Waals surface area (Å²) in [6, 6.07) is 0.383. The Morgan fingerprint density at radius 2 is 1.68 bits per heavy atom. The summed E-state index contributed by atoms with van der Waals surface area (Å²) in [5.74, 6) is 0.140. The van der Waals surface area contributed by atoms with Crippen LogP contribution in [-0.4, -0.2) is 60.9 Å². The summed E-state index contributed by atoms with van der Waals surface area (Å²) in [5.41, 5.74) is 0. The Morgan fingerprint density at radius 3 is 2.16 bits per heavy atom. The second-order valence-corrected chi connectivity index (χ2v) is 5.39. The van der Waals surface area contributed by atoms with Crippen LogP contribution >= 0.6 is 0 Å². The lowest BCUT2D eigenvalue weighted by Crippen LogP contribution is -2.43. The zero-order chi connectivity index (χ0) is 14.3. The van der Waals surface area contributed by atoms with E-state index in [0.717, 1.165) is 38.8 Å². The molecule has 1 saturated carbocycles. The van der Waals surface area contributed by atoms with Gasteiger partial charge in [0.25, 0.3) is 0 Å². The van der Waals surface area contributed by atoms with Crippen molar-refractivity contribution in [3.63, 3.8) is 0 Å². The van der Waals surface area contributed by atoms with Gasteiger partial charge in [-0.25, -0.2) is 0 Å². The van der Waals surface area contributed by atoms with Crippen LogP contribution in [0.4, 0.5) is 0 Å². The van der Waals surface area contributed by atoms with E-state index in [-0.39, 0.29) is 11.8 Å². The van der Waals surface area contributed by atoms with Crippen LogP contribution in [-0.2, 0) is 9.59 Å². The molecule has 0 aliphatic heterocycles. The molecule has 5 nitrogen and oxygen atoms in total. The van der Waals surface area contributed by atoms with Crippen LogP contribution in [0, 0.1) is 0 Å². The molecular formula is C14H27N3O2. The van der Waals surface area contributed by atoms with Crippen molar-refractivity contribution in [1.29, 1.82) is 0 Å². The first-order valence-corrected chi connectivity index (χ1v) is 7.32. The van der Waals surface area contributed by atoms with E-state index in [0.29, 0.717) is 19.1 Å². The number of carbonyl (C=O) groups excluding carboxylic acids is 2. The van der Waals surface area contributed by atoms with Gasteiger partial charge in [0, 0.05) is 19.1 Å². The van der Waals surface area contributed by atoms with Crippen molar-refractivity contribution in [2.24, 2.45) is 0 Å². The van der Waals surface area contributed by atoms with Crippen molar-refractivity contribution in [2.75, 3.05) is 33.2 Å². The molecule has 0 radical (unpaired) electrons. The van der Waals surface area contributed by atoms with Gasteiger partial charge in [-0.2, -0.15) is 0 Å². The second-order valence-electron chi connectivity index (χ2n) is 5.39. The molecule has 0 aromatic rings. The highest BCUT2D eigenvalue weighted by molar-refractivity contribution is 5.81. The Kier molecular flexibility index (Phi) is 6.84.